The molecule has 0 fully saturated rings. The van der Waals surface area contributed by atoms with Crippen molar-refractivity contribution in [3.63, 3.8) is 0 Å². The van der Waals surface area contributed by atoms with Crippen LogP contribution in [0.1, 0.15) is 76.2 Å². The Morgan fingerprint density at radius 2 is 1.39 bits per heavy atom. The minimum absolute atomic E-state index is 0.478. The molecule has 1 atom stereocenters. The Morgan fingerprint density at radius 1 is 0.833 bits per heavy atom. The molecule has 0 bridgehead atoms. The summed E-state index contributed by atoms with van der Waals surface area (Å²) in [6, 6.07) is 10.7. The number of unbranched alkanes of at least 4 members (excludes halogenated alkanes) is 7. The lowest BCUT2D eigenvalue weighted by atomic mass is 9.95. The summed E-state index contributed by atoms with van der Waals surface area (Å²) in [6.07, 6.45) is 12.4. The third-order valence-electron chi connectivity index (χ3n) is 3.68. The van der Waals surface area contributed by atoms with Crippen molar-refractivity contribution in [2.45, 2.75) is 70.6 Å². The number of rotatable bonds is 10. The summed E-state index contributed by atoms with van der Waals surface area (Å²) in [4.78, 5) is 0. The highest BCUT2D eigenvalue weighted by atomic mass is 14.1. The lowest BCUT2D eigenvalue weighted by molar-refractivity contribution is 0.554. The lowest BCUT2D eigenvalue weighted by Crippen LogP contribution is -1.93. The molecular formula is C18H29. The maximum Gasteiger partial charge on any atom is -0.0162 e. The van der Waals surface area contributed by atoms with Gasteiger partial charge in [0.1, 0.15) is 0 Å². The molecule has 18 heavy (non-hydrogen) atoms. The second kappa shape index (κ2) is 10.2. The van der Waals surface area contributed by atoms with Crippen LogP contribution in [0.25, 0.3) is 0 Å². The van der Waals surface area contributed by atoms with Gasteiger partial charge in [0.05, 0.1) is 0 Å². The lowest BCUT2D eigenvalue weighted by Gasteiger charge is -2.11. The molecule has 0 saturated heterocycles. The van der Waals surface area contributed by atoms with Gasteiger partial charge in [-0.15, -0.1) is 0 Å². The normalized spacial score (nSPS) is 12.6. The van der Waals surface area contributed by atoms with Gasteiger partial charge in [-0.25, -0.2) is 0 Å². The summed E-state index contributed by atoms with van der Waals surface area (Å²) in [7, 11) is 0. The van der Waals surface area contributed by atoms with Crippen LogP contribution in [-0.4, -0.2) is 0 Å². The van der Waals surface area contributed by atoms with Crippen molar-refractivity contribution in [2.75, 3.05) is 0 Å². The quantitative estimate of drug-likeness (QED) is 0.435. The van der Waals surface area contributed by atoms with E-state index in [4.69, 9.17) is 0 Å². The fraction of sp³-hybridized carbons (Fsp3) is 0.611. The average Bonchev–Trinajstić information content (AvgIpc) is 2.42. The zero-order chi connectivity index (χ0) is 13.1. The first kappa shape index (κ1) is 15.3. The molecule has 0 saturated carbocycles. The second-order valence-electron chi connectivity index (χ2n) is 5.37. The van der Waals surface area contributed by atoms with Gasteiger partial charge in [0.25, 0.3) is 0 Å². The smallest absolute Gasteiger partial charge is 0.0162 e. The summed E-state index contributed by atoms with van der Waals surface area (Å²) >= 11 is 0. The Balaban J connectivity index is 1.98. The molecule has 1 radical (unpaired) electrons. The van der Waals surface area contributed by atoms with Crippen molar-refractivity contribution in [3.05, 3.63) is 42.8 Å². The fourth-order valence-corrected chi connectivity index (χ4v) is 2.42. The first-order chi connectivity index (χ1) is 8.84. The molecule has 1 aromatic rings. The van der Waals surface area contributed by atoms with E-state index in [0.717, 1.165) is 0 Å². The molecule has 0 spiro atoms. The molecule has 1 aromatic carbocycles. The molecule has 0 aromatic heterocycles. The maximum atomic E-state index is 4.27. The van der Waals surface area contributed by atoms with E-state index < -0.39 is 0 Å². The van der Waals surface area contributed by atoms with Crippen LogP contribution in [0.5, 0.6) is 0 Å². The molecule has 0 heteroatoms. The Bertz CT molecular complexity index is 275. The Hall–Kier alpha value is -0.780. The van der Waals surface area contributed by atoms with E-state index in [1.807, 2.05) is 0 Å². The van der Waals surface area contributed by atoms with Crippen LogP contribution in [0.15, 0.2) is 30.3 Å². The van der Waals surface area contributed by atoms with Crippen molar-refractivity contribution in [3.8, 4) is 0 Å². The zero-order valence-electron chi connectivity index (χ0n) is 12.0. The van der Waals surface area contributed by atoms with E-state index in [2.05, 4.69) is 44.2 Å². The first-order valence-corrected chi connectivity index (χ1v) is 7.72. The number of hydrogen-bond donors (Lipinski definition) is 0. The van der Waals surface area contributed by atoms with Gasteiger partial charge in [-0.2, -0.15) is 0 Å². The third-order valence-corrected chi connectivity index (χ3v) is 3.68. The molecule has 1 rings (SSSR count). The fourth-order valence-electron chi connectivity index (χ4n) is 2.42. The summed E-state index contributed by atoms with van der Waals surface area (Å²) in [5, 5.41) is 0. The van der Waals surface area contributed by atoms with Crippen LogP contribution in [-0.2, 0) is 0 Å². The van der Waals surface area contributed by atoms with Gasteiger partial charge in [-0.3, -0.25) is 0 Å². The first-order valence-electron chi connectivity index (χ1n) is 7.72. The monoisotopic (exact) mass is 245 g/mol. The number of benzene rings is 1. The Morgan fingerprint density at radius 3 is 2.00 bits per heavy atom. The van der Waals surface area contributed by atoms with Crippen molar-refractivity contribution < 1.29 is 0 Å². The maximum absolute atomic E-state index is 4.27. The molecule has 0 amide bonds. The highest BCUT2D eigenvalue weighted by molar-refractivity contribution is 5.20. The highest BCUT2D eigenvalue weighted by Crippen LogP contribution is 2.21. The molecule has 1 unspecified atom stereocenters. The van der Waals surface area contributed by atoms with Crippen LogP contribution in [0, 0.1) is 6.92 Å². The second-order valence-corrected chi connectivity index (χ2v) is 5.37. The minimum Gasteiger partial charge on any atom is -0.0654 e. The summed E-state index contributed by atoms with van der Waals surface area (Å²) in [5.74, 6) is 0.478. The molecule has 101 valence electrons. The van der Waals surface area contributed by atoms with E-state index >= 15 is 0 Å². The molecule has 0 aliphatic carbocycles. The van der Waals surface area contributed by atoms with Gasteiger partial charge in [-0.05, 0) is 24.8 Å². The number of hydrogen-bond acceptors (Lipinski definition) is 0. The van der Waals surface area contributed by atoms with Crippen LogP contribution < -0.4 is 0 Å². The molecule has 0 aliphatic heterocycles. The summed E-state index contributed by atoms with van der Waals surface area (Å²) in [6.45, 7) is 6.54. The topological polar surface area (TPSA) is 0 Å². The van der Waals surface area contributed by atoms with Gasteiger partial charge in [-0.1, -0.05) is 88.6 Å². The molecule has 0 N–H and O–H groups in total. The van der Waals surface area contributed by atoms with Crippen LogP contribution >= 0.6 is 0 Å². The van der Waals surface area contributed by atoms with Crippen molar-refractivity contribution in [1.82, 2.24) is 0 Å². The van der Waals surface area contributed by atoms with Gasteiger partial charge in [0, 0.05) is 0 Å². The average molecular weight is 245 g/mol. The van der Waals surface area contributed by atoms with E-state index in [1.165, 1.54) is 63.4 Å². The van der Waals surface area contributed by atoms with E-state index in [1.54, 1.807) is 0 Å². The van der Waals surface area contributed by atoms with Crippen LogP contribution in [0.3, 0.4) is 0 Å². The van der Waals surface area contributed by atoms with E-state index in [-0.39, 0.29) is 0 Å². The Labute approximate surface area is 114 Å². The minimum atomic E-state index is 0.478. The predicted octanol–water partition coefficient (Wildman–Crippen LogP) is 6.14. The summed E-state index contributed by atoms with van der Waals surface area (Å²) < 4.78 is 0. The molecule has 0 heterocycles. The van der Waals surface area contributed by atoms with E-state index in [0.29, 0.717) is 5.92 Å². The third kappa shape index (κ3) is 6.83. The highest BCUT2D eigenvalue weighted by Gasteiger charge is 2.03. The van der Waals surface area contributed by atoms with Crippen LogP contribution in [0.2, 0.25) is 0 Å². The zero-order valence-corrected chi connectivity index (χ0v) is 12.0. The largest absolute Gasteiger partial charge is 0.0654 e. The molecule has 0 aliphatic rings. The van der Waals surface area contributed by atoms with Gasteiger partial charge in [0.15, 0.2) is 0 Å². The summed E-state index contributed by atoms with van der Waals surface area (Å²) in [5.41, 5.74) is 1.39. The van der Waals surface area contributed by atoms with Gasteiger partial charge in [0.2, 0.25) is 0 Å². The van der Waals surface area contributed by atoms with Crippen molar-refractivity contribution in [1.29, 1.82) is 0 Å². The molecular weight excluding hydrogens is 216 g/mol. The predicted molar refractivity (Wildman–Crippen MR) is 81.8 cm³/mol. The van der Waals surface area contributed by atoms with Gasteiger partial charge >= 0.3 is 0 Å². The van der Waals surface area contributed by atoms with Gasteiger partial charge < -0.3 is 0 Å². The van der Waals surface area contributed by atoms with Crippen molar-refractivity contribution in [2.24, 2.45) is 0 Å². The van der Waals surface area contributed by atoms with Crippen LogP contribution in [0.4, 0.5) is 0 Å². The molecule has 0 nitrogen and oxygen atoms in total. The Kier molecular flexibility index (Phi) is 8.63. The van der Waals surface area contributed by atoms with Crippen molar-refractivity contribution >= 4 is 0 Å². The van der Waals surface area contributed by atoms with E-state index in [9.17, 15) is 0 Å². The SMILES string of the molecule is [CH2]C(CCCCCCCCCC)c1ccccc1. The standard InChI is InChI=1S/C18H29/c1-3-4-5-6-7-8-9-11-14-17(2)18-15-12-10-13-16-18/h10,12-13,15-17H,2-9,11,14H2,1H3.